The second-order valence-corrected chi connectivity index (χ2v) is 12.3. The molecule has 0 N–H and O–H groups in total. The summed E-state index contributed by atoms with van der Waals surface area (Å²) in [5.74, 6) is 0. The van der Waals surface area contributed by atoms with Crippen LogP contribution in [0.25, 0.3) is 0 Å². The summed E-state index contributed by atoms with van der Waals surface area (Å²) in [5, 5.41) is 3.41. The Labute approximate surface area is 171 Å². The van der Waals surface area contributed by atoms with E-state index in [9.17, 15) is 0 Å². The van der Waals surface area contributed by atoms with Crippen LogP contribution in [0, 0.1) is 0 Å². The van der Waals surface area contributed by atoms with Gasteiger partial charge in [0.05, 0.1) is 10.7 Å². The summed E-state index contributed by atoms with van der Waals surface area (Å²) in [6, 6.07) is 6.32. The van der Waals surface area contributed by atoms with Crippen LogP contribution in [0.5, 0.6) is 0 Å². The second-order valence-electron chi connectivity index (χ2n) is 11.4. The Hall–Kier alpha value is -1.22. The monoisotopic (exact) mass is 388 g/mol. The third-order valence-corrected chi connectivity index (χ3v) is 5.47. The summed E-state index contributed by atoms with van der Waals surface area (Å²) in [7, 11) is 0. The van der Waals surface area contributed by atoms with Crippen molar-refractivity contribution >= 4 is 11.3 Å². The lowest BCUT2D eigenvalue weighted by Crippen LogP contribution is -2.19. The molecule has 0 aliphatic carbocycles. The van der Waals surface area contributed by atoms with Crippen LogP contribution in [0.4, 0.5) is 0 Å². The molecule has 0 spiro atoms. The summed E-state index contributed by atoms with van der Waals surface area (Å²) in [6.45, 7) is 26.4. The van der Waals surface area contributed by atoms with E-state index in [2.05, 4.69) is 112 Å². The zero-order chi connectivity index (χ0) is 21.3. The molecule has 27 heavy (non-hydrogen) atoms. The van der Waals surface area contributed by atoms with E-state index in [1.807, 2.05) is 0 Å². The van der Waals surface area contributed by atoms with Gasteiger partial charge in [0.2, 0.25) is 0 Å². The fourth-order valence-corrected chi connectivity index (χ4v) is 3.37. The Morgan fingerprint density at radius 1 is 0.556 bits per heavy atom. The highest BCUT2D eigenvalue weighted by Gasteiger charge is 2.23. The molecule has 0 bridgehead atoms. The van der Waals surface area contributed by atoms with Crippen LogP contribution in [-0.4, -0.2) is 9.97 Å². The van der Waals surface area contributed by atoms with Gasteiger partial charge in [0.15, 0.2) is 0 Å². The van der Waals surface area contributed by atoms with E-state index >= 15 is 0 Å². The maximum atomic E-state index is 4.72. The third kappa shape index (κ3) is 7.37. The van der Waals surface area contributed by atoms with Crippen molar-refractivity contribution in [3.63, 3.8) is 0 Å². The molecular formula is C24H40N2S. The molecule has 0 atom stereocenters. The smallest absolute Gasteiger partial charge is 0.0982 e. The highest BCUT2D eigenvalue weighted by atomic mass is 32.1. The first-order valence-electron chi connectivity index (χ1n) is 9.87. The normalized spacial score (nSPS) is 13.2. The number of pyridine rings is 1. The molecule has 3 heteroatoms. The maximum absolute atomic E-state index is 4.72. The number of hydrogen-bond donors (Lipinski definition) is 0. The summed E-state index contributed by atoms with van der Waals surface area (Å²) >= 11 is 1.77. The molecule has 0 aliphatic rings. The zero-order valence-corrected chi connectivity index (χ0v) is 20.4. The molecule has 0 aliphatic heterocycles. The Morgan fingerprint density at radius 3 is 1.22 bits per heavy atom. The number of hydrogen-bond acceptors (Lipinski definition) is 3. The summed E-state index contributed by atoms with van der Waals surface area (Å²) in [4.78, 5) is 9.39. The van der Waals surface area contributed by atoms with Crippen molar-refractivity contribution in [3.05, 3.63) is 45.7 Å². The van der Waals surface area contributed by atoms with Crippen LogP contribution in [0.2, 0.25) is 0 Å². The second kappa shape index (κ2) is 8.03. The Morgan fingerprint density at radius 2 is 0.963 bits per heavy atom. The summed E-state index contributed by atoms with van der Waals surface area (Å²) in [6.07, 6.45) is 0. The first kappa shape index (κ1) is 23.8. The van der Waals surface area contributed by atoms with Crippen LogP contribution in [-0.2, 0) is 21.7 Å². The molecule has 0 unspecified atom stereocenters. The van der Waals surface area contributed by atoms with Gasteiger partial charge in [-0.3, -0.25) is 4.98 Å². The van der Waals surface area contributed by atoms with E-state index in [4.69, 9.17) is 4.98 Å². The van der Waals surface area contributed by atoms with Crippen molar-refractivity contribution in [2.45, 2.75) is 105 Å². The number of aromatic nitrogens is 2. The van der Waals surface area contributed by atoms with Crippen LogP contribution >= 0.6 is 11.3 Å². The van der Waals surface area contributed by atoms with Gasteiger partial charge in [0, 0.05) is 38.4 Å². The van der Waals surface area contributed by atoms with E-state index in [1.165, 1.54) is 22.1 Å². The topological polar surface area (TPSA) is 25.8 Å². The number of rotatable bonds is 0. The molecule has 0 saturated carbocycles. The molecule has 0 radical (unpaired) electrons. The predicted molar refractivity (Wildman–Crippen MR) is 121 cm³/mol. The molecule has 152 valence electrons. The van der Waals surface area contributed by atoms with E-state index in [-0.39, 0.29) is 21.7 Å². The first-order chi connectivity index (χ1) is 11.9. The molecule has 0 aromatic carbocycles. The molecule has 2 nitrogen and oxygen atoms in total. The zero-order valence-electron chi connectivity index (χ0n) is 19.6. The molecule has 2 aromatic rings. The molecule has 0 saturated heterocycles. The van der Waals surface area contributed by atoms with Gasteiger partial charge in [0.1, 0.15) is 0 Å². The quantitative estimate of drug-likeness (QED) is 0.469. The lowest BCUT2D eigenvalue weighted by molar-refractivity contribution is 0.531. The van der Waals surface area contributed by atoms with Gasteiger partial charge in [-0.05, 0) is 12.1 Å². The maximum Gasteiger partial charge on any atom is 0.0982 e. The van der Waals surface area contributed by atoms with Crippen LogP contribution in [0.1, 0.15) is 105 Å². The van der Waals surface area contributed by atoms with Crippen molar-refractivity contribution < 1.29 is 0 Å². The Bertz CT molecular complexity index is 671. The molecule has 0 amide bonds. The molecule has 0 fully saturated rings. The first-order valence-corrected chi connectivity index (χ1v) is 10.7. The highest BCUT2D eigenvalue weighted by molar-refractivity contribution is 7.09. The van der Waals surface area contributed by atoms with Crippen molar-refractivity contribution in [1.82, 2.24) is 9.97 Å². The molecule has 2 aromatic heterocycles. The fraction of sp³-hybridized carbons (Fsp3) is 0.667. The van der Waals surface area contributed by atoms with Gasteiger partial charge in [-0.1, -0.05) is 89.2 Å². The minimum atomic E-state index is 0.140. The largest absolute Gasteiger partial charge is 0.257 e. The average molecular weight is 389 g/mol. The lowest BCUT2D eigenvalue weighted by Gasteiger charge is -2.23. The van der Waals surface area contributed by atoms with Gasteiger partial charge < -0.3 is 0 Å². The van der Waals surface area contributed by atoms with Gasteiger partial charge in [-0.15, -0.1) is 11.3 Å². The van der Waals surface area contributed by atoms with Gasteiger partial charge >= 0.3 is 0 Å². The summed E-state index contributed by atoms with van der Waals surface area (Å²) in [5.41, 5.74) is 4.20. The van der Waals surface area contributed by atoms with Crippen molar-refractivity contribution in [2.24, 2.45) is 0 Å². The van der Waals surface area contributed by atoms with Crippen LogP contribution < -0.4 is 0 Å². The van der Waals surface area contributed by atoms with Gasteiger partial charge in [-0.25, -0.2) is 4.98 Å². The minimum Gasteiger partial charge on any atom is -0.257 e. The van der Waals surface area contributed by atoms with Crippen molar-refractivity contribution in [3.8, 4) is 0 Å². The van der Waals surface area contributed by atoms with E-state index in [0.29, 0.717) is 0 Å². The van der Waals surface area contributed by atoms with E-state index in [0.717, 1.165) is 0 Å². The highest BCUT2D eigenvalue weighted by Crippen LogP contribution is 2.30. The summed E-state index contributed by atoms with van der Waals surface area (Å²) < 4.78 is 0. The van der Waals surface area contributed by atoms with Gasteiger partial charge in [-0.2, -0.15) is 0 Å². The number of nitrogens with zero attached hydrogens (tertiary/aromatic N) is 2. The van der Waals surface area contributed by atoms with Crippen LogP contribution in [0.15, 0.2) is 23.6 Å². The van der Waals surface area contributed by atoms with E-state index in [1.54, 1.807) is 11.3 Å². The number of thiazole rings is 1. The standard InChI is InChI=1S/C13H21N.C11H19NS/c1-12(2,3)10-8-7-9-11(14-10)13(4,5)6;1-10(2,3)8-7-13-9(12-8)11(4,5)6/h7-9H,1-6H3;7H,1-6H3. The van der Waals surface area contributed by atoms with Crippen LogP contribution in [0.3, 0.4) is 0 Å². The predicted octanol–water partition coefficient (Wildman–Crippen LogP) is 7.41. The fourth-order valence-electron chi connectivity index (χ4n) is 2.23. The lowest BCUT2D eigenvalue weighted by atomic mass is 9.88. The molecule has 2 heterocycles. The van der Waals surface area contributed by atoms with Gasteiger partial charge in [0.25, 0.3) is 0 Å². The van der Waals surface area contributed by atoms with E-state index < -0.39 is 0 Å². The molecule has 2 rings (SSSR count). The van der Waals surface area contributed by atoms with Crippen molar-refractivity contribution in [1.29, 1.82) is 0 Å². The average Bonchev–Trinajstić information content (AvgIpc) is 2.96. The third-order valence-electron chi connectivity index (χ3n) is 4.20. The Balaban J connectivity index is 0.000000271. The Kier molecular flexibility index (Phi) is 7.08. The molecular weight excluding hydrogens is 348 g/mol. The SMILES string of the molecule is CC(C)(C)c1cccc(C(C)(C)C)n1.CC(C)(C)c1csc(C(C)(C)C)n1. The van der Waals surface area contributed by atoms with Crippen molar-refractivity contribution in [2.75, 3.05) is 0 Å². The minimum absolute atomic E-state index is 0.140.